The first-order chi connectivity index (χ1) is 18.2. The molecule has 3 heterocycles. The summed E-state index contributed by atoms with van der Waals surface area (Å²) in [6.45, 7) is 1.18. The molecule has 2 aliphatic rings. The van der Waals surface area contributed by atoms with Gasteiger partial charge in [0.1, 0.15) is 23.1 Å². The average molecular weight is 539 g/mol. The van der Waals surface area contributed by atoms with Crippen molar-refractivity contribution in [2.75, 3.05) is 13.1 Å². The number of fused-ring (bicyclic) bond motifs is 3. The molecule has 10 heteroatoms. The lowest BCUT2D eigenvalue weighted by Crippen LogP contribution is -2.40. The summed E-state index contributed by atoms with van der Waals surface area (Å²) in [7, 11) is 0. The van der Waals surface area contributed by atoms with Crippen molar-refractivity contribution in [2.45, 2.75) is 18.4 Å². The first-order valence-electron chi connectivity index (χ1n) is 11.8. The third kappa shape index (κ3) is 3.73. The second-order valence-corrected chi connectivity index (χ2v) is 9.78. The van der Waals surface area contributed by atoms with Gasteiger partial charge in [-0.05, 0) is 43.4 Å². The normalized spacial score (nSPS) is 16.1. The van der Waals surface area contributed by atoms with Gasteiger partial charge in [-0.25, -0.2) is 18.0 Å². The van der Waals surface area contributed by atoms with E-state index < -0.39 is 46.3 Å². The van der Waals surface area contributed by atoms with Crippen molar-refractivity contribution in [3.63, 3.8) is 0 Å². The minimum absolute atomic E-state index is 0.0896. The molecule has 38 heavy (non-hydrogen) atoms. The molecule has 1 saturated heterocycles. The van der Waals surface area contributed by atoms with Crippen LogP contribution in [0.2, 0.25) is 5.02 Å². The minimum atomic E-state index is -0.952. The number of carbonyl (C=O) groups excluding carboxylic acids is 3. The smallest absolute Gasteiger partial charge is 0.340 e. The molecule has 0 amide bonds. The maximum atomic E-state index is 15.3. The van der Waals surface area contributed by atoms with E-state index in [1.165, 1.54) is 24.3 Å². The highest BCUT2D eigenvalue weighted by molar-refractivity contribution is 6.32. The van der Waals surface area contributed by atoms with Gasteiger partial charge in [0.05, 0.1) is 16.6 Å². The summed E-state index contributed by atoms with van der Waals surface area (Å²) in [4.78, 5) is 40.2. The Morgan fingerprint density at radius 1 is 0.974 bits per heavy atom. The molecule has 0 radical (unpaired) electrons. The zero-order chi connectivity index (χ0) is 26.8. The number of rotatable bonds is 3. The van der Waals surface area contributed by atoms with Gasteiger partial charge in [0, 0.05) is 52.2 Å². The quantitative estimate of drug-likeness (QED) is 0.280. The van der Waals surface area contributed by atoms with Crippen LogP contribution in [0.1, 0.15) is 55.0 Å². The molecule has 192 valence electrons. The molecular formula is C28H18ClF3N2O4. The Labute approximate surface area is 219 Å². The molecule has 2 aliphatic heterocycles. The van der Waals surface area contributed by atoms with Crippen LogP contribution in [0.5, 0.6) is 0 Å². The van der Waals surface area contributed by atoms with Crippen LogP contribution in [-0.4, -0.2) is 35.3 Å². The minimum Gasteiger partial charge on any atom is -0.450 e. The van der Waals surface area contributed by atoms with Crippen LogP contribution >= 0.6 is 11.6 Å². The number of piperidine rings is 1. The van der Waals surface area contributed by atoms with Crippen LogP contribution in [0.25, 0.3) is 10.9 Å². The van der Waals surface area contributed by atoms with Gasteiger partial charge in [-0.2, -0.15) is 0 Å². The standard InChI is InChI=1S/C28H18ClF3N2O4/c29-15-1-2-18-19(13-34(22(18)11-15)26(36)14-9-16(30)12-17(31)10-14)25(35)24-21(32)4-3-20-23(24)27(37)38-28(20)5-7-33-8-6-28/h1-4,9-13,33H,5-8H2. The molecular weight excluding hydrogens is 521 g/mol. The van der Waals surface area contributed by atoms with E-state index in [1.54, 1.807) is 0 Å². The second-order valence-electron chi connectivity index (χ2n) is 9.35. The highest BCUT2D eigenvalue weighted by Gasteiger charge is 2.48. The van der Waals surface area contributed by atoms with Crippen LogP contribution in [-0.2, 0) is 10.3 Å². The van der Waals surface area contributed by atoms with Gasteiger partial charge in [-0.1, -0.05) is 23.7 Å². The molecule has 1 fully saturated rings. The summed E-state index contributed by atoms with van der Waals surface area (Å²) in [5.41, 5.74) is -1.31. The van der Waals surface area contributed by atoms with Gasteiger partial charge in [0.15, 0.2) is 5.78 Å². The number of aromatic nitrogens is 1. The van der Waals surface area contributed by atoms with Crippen molar-refractivity contribution < 1.29 is 32.3 Å². The zero-order valence-electron chi connectivity index (χ0n) is 19.6. The molecule has 1 aromatic heterocycles. The Morgan fingerprint density at radius 2 is 1.68 bits per heavy atom. The molecule has 6 rings (SSSR count). The molecule has 0 saturated carbocycles. The Bertz CT molecular complexity index is 1670. The third-order valence-corrected chi connectivity index (χ3v) is 7.35. The van der Waals surface area contributed by atoms with Crippen LogP contribution < -0.4 is 5.32 Å². The number of benzene rings is 3. The third-order valence-electron chi connectivity index (χ3n) is 7.12. The van der Waals surface area contributed by atoms with E-state index in [0.29, 0.717) is 37.6 Å². The first-order valence-corrected chi connectivity index (χ1v) is 12.2. The number of hydrogen-bond donors (Lipinski definition) is 1. The van der Waals surface area contributed by atoms with E-state index in [2.05, 4.69) is 5.32 Å². The molecule has 0 bridgehead atoms. The predicted molar refractivity (Wildman–Crippen MR) is 132 cm³/mol. The maximum absolute atomic E-state index is 15.3. The Hall–Kier alpha value is -3.95. The highest BCUT2D eigenvalue weighted by Crippen LogP contribution is 2.45. The van der Waals surface area contributed by atoms with Crippen LogP contribution in [0.3, 0.4) is 0 Å². The molecule has 1 N–H and O–H groups in total. The lowest BCUT2D eigenvalue weighted by Gasteiger charge is -2.33. The lowest BCUT2D eigenvalue weighted by atomic mass is 9.82. The van der Waals surface area contributed by atoms with Crippen molar-refractivity contribution in [1.29, 1.82) is 0 Å². The number of esters is 1. The number of ketones is 1. The fourth-order valence-corrected chi connectivity index (χ4v) is 5.54. The molecule has 0 atom stereocenters. The van der Waals surface area contributed by atoms with E-state index in [1.807, 2.05) is 0 Å². The second kappa shape index (κ2) is 8.82. The molecule has 4 aromatic rings. The van der Waals surface area contributed by atoms with Crippen LogP contribution in [0.15, 0.2) is 54.7 Å². The van der Waals surface area contributed by atoms with Gasteiger partial charge in [0.25, 0.3) is 5.91 Å². The van der Waals surface area contributed by atoms with Gasteiger partial charge >= 0.3 is 5.97 Å². The molecule has 1 spiro atoms. The predicted octanol–water partition coefficient (Wildman–Crippen LogP) is 5.38. The SMILES string of the molecule is O=C1OC2(CCNCC2)c2ccc(F)c(C(=O)c3cn(C(=O)c4cc(F)cc(F)c4)c4cc(Cl)ccc34)c21. The van der Waals surface area contributed by atoms with E-state index in [0.717, 1.165) is 29.0 Å². The topological polar surface area (TPSA) is 77.4 Å². The monoisotopic (exact) mass is 538 g/mol. The van der Waals surface area contributed by atoms with E-state index in [9.17, 15) is 23.2 Å². The Morgan fingerprint density at radius 3 is 2.39 bits per heavy atom. The van der Waals surface area contributed by atoms with Crippen molar-refractivity contribution in [3.05, 3.63) is 105 Å². The fraction of sp³-hybridized carbons (Fsp3) is 0.179. The number of hydrogen-bond acceptors (Lipinski definition) is 5. The fourth-order valence-electron chi connectivity index (χ4n) is 5.38. The number of halogens is 4. The number of ether oxygens (including phenoxy) is 1. The summed E-state index contributed by atoms with van der Waals surface area (Å²) < 4.78 is 49.7. The van der Waals surface area contributed by atoms with Gasteiger partial charge in [-0.3, -0.25) is 14.2 Å². The highest BCUT2D eigenvalue weighted by atomic mass is 35.5. The van der Waals surface area contributed by atoms with E-state index in [4.69, 9.17) is 16.3 Å². The zero-order valence-corrected chi connectivity index (χ0v) is 20.4. The van der Waals surface area contributed by atoms with Crippen molar-refractivity contribution in [3.8, 4) is 0 Å². The number of carbonyl (C=O) groups is 3. The molecule has 0 aliphatic carbocycles. The summed E-state index contributed by atoms with van der Waals surface area (Å²) in [6, 6.07) is 9.34. The number of nitrogens with one attached hydrogen (secondary N) is 1. The number of nitrogens with zero attached hydrogens (tertiary/aromatic N) is 1. The van der Waals surface area contributed by atoms with Crippen molar-refractivity contribution in [2.24, 2.45) is 0 Å². The molecule has 3 aromatic carbocycles. The Balaban J connectivity index is 1.53. The van der Waals surface area contributed by atoms with Gasteiger partial charge < -0.3 is 10.1 Å². The van der Waals surface area contributed by atoms with Gasteiger partial charge in [0.2, 0.25) is 0 Å². The summed E-state index contributed by atoms with van der Waals surface area (Å²) in [5.74, 6) is -5.28. The lowest BCUT2D eigenvalue weighted by molar-refractivity contribution is -0.0242. The summed E-state index contributed by atoms with van der Waals surface area (Å²) in [5, 5.41) is 3.66. The molecule has 6 nitrogen and oxygen atoms in total. The van der Waals surface area contributed by atoms with Gasteiger partial charge in [-0.15, -0.1) is 0 Å². The summed E-state index contributed by atoms with van der Waals surface area (Å²) >= 11 is 6.15. The van der Waals surface area contributed by atoms with Crippen molar-refractivity contribution in [1.82, 2.24) is 9.88 Å². The van der Waals surface area contributed by atoms with E-state index >= 15 is 4.39 Å². The maximum Gasteiger partial charge on any atom is 0.340 e. The largest absolute Gasteiger partial charge is 0.450 e. The van der Waals surface area contributed by atoms with Crippen LogP contribution in [0.4, 0.5) is 13.2 Å². The summed E-state index contributed by atoms with van der Waals surface area (Å²) in [6.07, 6.45) is 2.11. The van der Waals surface area contributed by atoms with E-state index in [-0.39, 0.29) is 32.6 Å². The Kier molecular flexibility index (Phi) is 5.66. The molecule has 0 unspecified atom stereocenters. The first kappa shape index (κ1) is 24.4. The average Bonchev–Trinajstić information content (AvgIpc) is 3.38. The van der Waals surface area contributed by atoms with Crippen molar-refractivity contribution >= 4 is 40.2 Å². The van der Waals surface area contributed by atoms with Crippen LogP contribution in [0, 0.1) is 17.5 Å².